The Bertz CT molecular complexity index is 461. The maximum atomic E-state index is 12.7. The van der Waals surface area contributed by atoms with Gasteiger partial charge in [-0.2, -0.15) is 13.2 Å². The van der Waals surface area contributed by atoms with E-state index in [4.69, 9.17) is 11.6 Å². The molecule has 0 spiro atoms. The summed E-state index contributed by atoms with van der Waals surface area (Å²) in [5, 5.41) is 3.55. The highest BCUT2D eigenvalue weighted by atomic mass is 35.5. The molecule has 0 radical (unpaired) electrons. The summed E-state index contributed by atoms with van der Waals surface area (Å²) in [6, 6.07) is 3.11. The van der Waals surface area contributed by atoms with Crippen molar-refractivity contribution in [3.05, 3.63) is 22.8 Å². The number of nitrogens with zero attached hydrogens (tertiary/aromatic N) is 2. The van der Waals surface area contributed by atoms with Gasteiger partial charge in [-0.3, -0.25) is 0 Å². The molecule has 0 unspecified atom stereocenters. The minimum atomic E-state index is -4.23. The normalized spacial score (nSPS) is 15.4. The van der Waals surface area contributed by atoms with Crippen LogP contribution in [0.2, 0.25) is 5.02 Å². The summed E-state index contributed by atoms with van der Waals surface area (Å²) < 4.78 is 38.0. The Labute approximate surface area is 121 Å². The van der Waals surface area contributed by atoms with Gasteiger partial charge in [-0.1, -0.05) is 18.5 Å². The summed E-state index contributed by atoms with van der Waals surface area (Å²) in [6.07, 6.45) is -2.67. The third-order valence-corrected chi connectivity index (χ3v) is 3.42. The standard InChI is InChI=1S/C13H17ClF3N3/c1-2-18-7-11-10(14)5-6-12(19-11)20(9-3-4-9)8-13(15,16)17/h5-6,9,18H,2-4,7-8H2,1H3. The third kappa shape index (κ3) is 4.24. The van der Waals surface area contributed by atoms with Crippen LogP contribution in [0.25, 0.3) is 0 Å². The largest absolute Gasteiger partial charge is 0.405 e. The zero-order valence-electron chi connectivity index (χ0n) is 11.2. The molecule has 1 heterocycles. The average molecular weight is 308 g/mol. The first-order chi connectivity index (χ1) is 9.40. The first-order valence-corrected chi connectivity index (χ1v) is 6.98. The molecule has 1 N–H and O–H groups in total. The Balaban J connectivity index is 2.20. The van der Waals surface area contributed by atoms with Crippen molar-refractivity contribution in [2.75, 3.05) is 18.0 Å². The van der Waals surface area contributed by atoms with E-state index in [1.54, 1.807) is 12.1 Å². The van der Waals surface area contributed by atoms with Crippen LogP contribution in [-0.4, -0.2) is 30.3 Å². The molecule has 1 aliphatic rings. The number of rotatable bonds is 6. The number of anilines is 1. The second-order valence-corrected chi connectivity index (χ2v) is 5.26. The van der Waals surface area contributed by atoms with Gasteiger partial charge in [-0.05, 0) is 31.5 Å². The number of hydrogen-bond acceptors (Lipinski definition) is 3. The van der Waals surface area contributed by atoms with Crippen molar-refractivity contribution >= 4 is 17.4 Å². The first kappa shape index (κ1) is 15.4. The van der Waals surface area contributed by atoms with E-state index in [-0.39, 0.29) is 6.04 Å². The van der Waals surface area contributed by atoms with Gasteiger partial charge in [0.1, 0.15) is 12.4 Å². The maximum absolute atomic E-state index is 12.7. The van der Waals surface area contributed by atoms with Gasteiger partial charge in [-0.15, -0.1) is 0 Å². The van der Waals surface area contributed by atoms with Crippen LogP contribution in [0.1, 0.15) is 25.5 Å². The number of alkyl halides is 3. The summed E-state index contributed by atoms with van der Waals surface area (Å²) in [6.45, 7) is 2.18. The average Bonchev–Trinajstić information content (AvgIpc) is 3.18. The predicted octanol–water partition coefficient (Wildman–Crippen LogP) is 3.38. The lowest BCUT2D eigenvalue weighted by molar-refractivity contribution is -0.120. The van der Waals surface area contributed by atoms with Crippen molar-refractivity contribution in [2.24, 2.45) is 0 Å². The molecule has 3 nitrogen and oxygen atoms in total. The van der Waals surface area contributed by atoms with E-state index in [0.717, 1.165) is 19.4 Å². The fourth-order valence-electron chi connectivity index (χ4n) is 1.98. The fourth-order valence-corrected chi connectivity index (χ4v) is 2.15. The molecule has 1 saturated carbocycles. The van der Waals surface area contributed by atoms with Crippen LogP contribution in [0, 0.1) is 0 Å². The van der Waals surface area contributed by atoms with Crippen LogP contribution in [0.3, 0.4) is 0 Å². The summed E-state index contributed by atoms with van der Waals surface area (Å²) in [7, 11) is 0. The summed E-state index contributed by atoms with van der Waals surface area (Å²) >= 11 is 6.02. The quantitative estimate of drug-likeness (QED) is 0.873. The second kappa shape index (κ2) is 6.18. The molecule has 0 aliphatic heterocycles. The van der Waals surface area contributed by atoms with Gasteiger partial charge in [-0.25, -0.2) is 4.98 Å². The SMILES string of the molecule is CCNCc1nc(N(CC(F)(F)F)C2CC2)ccc1Cl. The molecule has 0 saturated heterocycles. The van der Waals surface area contributed by atoms with Gasteiger partial charge in [0.25, 0.3) is 0 Å². The van der Waals surface area contributed by atoms with Gasteiger partial charge in [0.05, 0.1) is 10.7 Å². The van der Waals surface area contributed by atoms with Crippen LogP contribution in [0.5, 0.6) is 0 Å². The minimum Gasteiger partial charge on any atom is -0.345 e. The fraction of sp³-hybridized carbons (Fsp3) is 0.615. The topological polar surface area (TPSA) is 28.2 Å². The maximum Gasteiger partial charge on any atom is 0.405 e. The van der Waals surface area contributed by atoms with E-state index in [0.29, 0.717) is 23.1 Å². The predicted molar refractivity (Wildman–Crippen MR) is 73.1 cm³/mol. The summed E-state index contributed by atoms with van der Waals surface area (Å²) in [4.78, 5) is 5.61. The van der Waals surface area contributed by atoms with Crippen LogP contribution >= 0.6 is 11.6 Å². The first-order valence-electron chi connectivity index (χ1n) is 6.60. The monoisotopic (exact) mass is 307 g/mol. The van der Waals surface area contributed by atoms with E-state index >= 15 is 0 Å². The number of nitrogens with one attached hydrogen (secondary N) is 1. The minimum absolute atomic E-state index is 0.0581. The highest BCUT2D eigenvalue weighted by Crippen LogP contribution is 2.34. The van der Waals surface area contributed by atoms with Gasteiger partial charge in [0.15, 0.2) is 0 Å². The second-order valence-electron chi connectivity index (χ2n) is 4.85. The molecular formula is C13H17ClF3N3. The molecule has 112 valence electrons. The van der Waals surface area contributed by atoms with Crippen LogP contribution in [0.15, 0.2) is 12.1 Å². The Morgan fingerprint density at radius 1 is 1.40 bits per heavy atom. The van der Waals surface area contributed by atoms with Crippen molar-refractivity contribution < 1.29 is 13.2 Å². The molecular weight excluding hydrogens is 291 g/mol. The number of pyridine rings is 1. The van der Waals surface area contributed by atoms with Gasteiger partial charge in [0, 0.05) is 12.6 Å². The van der Waals surface area contributed by atoms with E-state index in [2.05, 4.69) is 10.3 Å². The van der Waals surface area contributed by atoms with Crippen LogP contribution < -0.4 is 10.2 Å². The van der Waals surface area contributed by atoms with Crippen molar-refractivity contribution in [2.45, 2.75) is 38.5 Å². The summed E-state index contributed by atoms with van der Waals surface area (Å²) in [5.74, 6) is 0.349. The Hall–Kier alpha value is -1.01. The molecule has 0 bridgehead atoms. The highest BCUT2D eigenvalue weighted by Gasteiger charge is 2.38. The molecule has 0 aromatic carbocycles. The van der Waals surface area contributed by atoms with Crippen molar-refractivity contribution in [3.8, 4) is 0 Å². The van der Waals surface area contributed by atoms with E-state index in [1.807, 2.05) is 6.92 Å². The molecule has 0 atom stereocenters. The Kier molecular flexibility index (Phi) is 4.75. The van der Waals surface area contributed by atoms with E-state index in [9.17, 15) is 13.2 Å². The van der Waals surface area contributed by atoms with E-state index in [1.165, 1.54) is 4.90 Å². The molecule has 1 fully saturated rings. The lowest BCUT2D eigenvalue weighted by Gasteiger charge is -2.25. The molecule has 7 heteroatoms. The van der Waals surface area contributed by atoms with Crippen LogP contribution in [-0.2, 0) is 6.54 Å². The van der Waals surface area contributed by atoms with Gasteiger partial charge < -0.3 is 10.2 Å². The Morgan fingerprint density at radius 3 is 2.65 bits per heavy atom. The lowest BCUT2D eigenvalue weighted by atomic mass is 10.3. The molecule has 1 aromatic heterocycles. The van der Waals surface area contributed by atoms with Gasteiger partial charge in [0.2, 0.25) is 0 Å². The molecule has 1 aliphatic carbocycles. The number of hydrogen-bond donors (Lipinski definition) is 1. The molecule has 20 heavy (non-hydrogen) atoms. The molecule has 2 rings (SSSR count). The third-order valence-electron chi connectivity index (χ3n) is 3.08. The van der Waals surface area contributed by atoms with E-state index < -0.39 is 12.7 Å². The zero-order chi connectivity index (χ0) is 14.8. The molecule has 0 amide bonds. The van der Waals surface area contributed by atoms with Crippen molar-refractivity contribution in [1.29, 1.82) is 0 Å². The lowest BCUT2D eigenvalue weighted by Crippen LogP contribution is -2.36. The Morgan fingerprint density at radius 2 is 2.10 bits per heavy atom. The summed E-state index contributed by atoms with van der Waals surface area (Å²) in [5.41, 5.74) is 0.582. The highest BCUT2D eigenvalue weighted by molar-refractivity contribution is 6.31. The smallest absolute Gasteiger partial charge is 0.345 e. The van der Waals surface area contributed by atoms with Crippen molar-refractivity contribution in [3.63, 3.8) is 0 Å². The number of aromatic nitrogens is 1. The van der Waals surface area contributed by atoms with Gasteiger partial charge >= 0.3 is 6.18 Å². The van der Waals surface area contributed by atoms with Crippen LogP contribution in [0.4, 0.5) is 19.0 Å². The number of halogens is 4. The van der Waals surface area contributed by atoms with Crippen molar-refractivity contribution in [1.82, 2.24) is 10.3 Å². The molecule has 1 aromatic rings. The zero-order valence-corrected chi connectivity index (χ0v) is 11.9.